The molecule has 0 fully saturated rings. The third kappa shape index (κ3) is 5.06. The van der Waals surface area contributed by atoms with Gasteiger partial charge in [0.15, 0.2) is 0 Å². The van der Waals surface area contributed by atoms with E-state index in [1.807, 2.05) is 6.08 Å². The van der Waals surface area contributed by atoms with E-state index in [4.69, 9.17) is 0 Å². The summed E-state index contributed by atoms with van der Waals surface area (Å²) in [6, 6.07) is 9.02. The first-order chi connectivity index (χ1) is 9.38. The molecule has 1 nitrogen and oxygen atoms in total. The minimum absolute atomic E-state index is 1.25. The molecule has 0 radical (unpaired) electrons. The smallest absolute Gasteiger partial charge is 0.112 e. The van der Waals surface area contributed by atoms with Gasteiger partial charge < -0.3 is 4.23 Å². The normalized spacial score (nSPS) is 13.6. The highest BCUT2D eigenvalue weighted by Gasteiger charge is 2.39. The largest absolute Gasteiger partial charge is 0.348 e. The van der Waals surface area contributed by atoms with Crippen molar-refractivity contribution in [2.45, 2.75) is 52.4 Å². The fourth-order valence-corrected chi connectivity index (χ4v) is 19.3. The fraction of sp³-hybridized carbons (Fsp3) is 0.529. The summed E-state index contributed by atoms with van der Waals surface area (Å²) in [5.41, 5.74) is 1.25. The van der Waals surface area contributed by atoms with E-state index in [2.05, 4.69) is 87.5 Å². The van der Waals surface area contributed by atoms with Crippen LogP contribution >= 0.6 is 0 Å². The number of rotatable bonds is 6. The highest BCUT2D eigenvalue weighted by Crippen LogP contribution is 2.22. The molecule has 0 bridgehead atoms. The second kappa shape index (κ2) is 6.36. The molecule has 0 unspecified atom stereocenters. The van der Waals surface area contributed by atoms with Crippen LogP contribution in [0.5, 0.6) is 0 Å². The molecule has 0 heterocycles. The topological polar surface area (TPSA) is 3.24 Å². The van der Waals surface area contributed by atoms with E-state index in [9.17, 15) is 0 Å². The molecule has 21 heavy (non-hydrogen) atoms. The first-order valence-electron chi connectivity index (χ1n) is 7.89. The van der Waals surface area contributed by atoms with Gasteiger partial charge in [0.2, 0.25) is 0 Å². The molecule has 1 aromatic carbocycles. The first kappa shape index (κ1) is 18.6. The van der Waals surface area contributed by atoms with E-state index in [0.29, 0.717) is 0 Å². The van der Waals surface area contributed by atoms with Crippen LogP contribution in [0.15, 0.2) is 30.8 Å². The van der Waals surface area contributed by atoms with E-state index >= 15 is 0 Å². The van der Waals surface area contributed by atoms with Gasteiger partial charge >= 0.3 is 0 Å². The Kier molecular flexibility index (Phi) is 5.64. The zero-order chi connectivity index (χ0) is 16.5. The Morgan fingerprint density at radius 3 is 1.90 bits per heavy atom. The second-order valence-corrected chi connectivity index (χ2v) is 23.5. The van der Waals surface area contributed by atoms with Crippen molar-refractivity contribution in [3.8, 4) is 0 Å². The molecule has 0 aromatic heterocycles. The van der Waals surface area contributed by atoms with Crippen molar-refractivity contribution in [1.82, 2.24) is 4.23 Å². The Bertz CT molecular complexity index is 481. The van der Waals surface area contributed by atoms with Gasteiger partial charge in [-0.1, -0.05) is 94.5 Å². The van der Waals surface area contributed by atoms with Gasteiger partial charge in [-0.3, -0.25) is 0 Å². The third-order valence-electron chi connectivity index (χ3n) is 4.08. The Labute approximate surface area is 135 Å². The molecule has 0 N–H and O–H groups in total. The van der Waals surface area contributed by atoms with Gasteiger partial charge in [0.1, 0.15) is 16.5 Å². The summed E-state index contributed by atoms with van der Waals surface area (Å²) >= 11 is 0. The van der Waals surface area contributed by atoms with Crippen molar-refractivity contribution in [3.63, 3.8) is 0 Å². The van der Waals surface area contributed by atoms with Crippen LogP contribution in [0, 0.1) is 0 Å². The van der Waals surface area contributed by atoms with E-state index in [-0.39, 0.29) is 0 Å². The maximum Gasteiger partial charge on any atom is 0.112 e. The van der Waals surface area contributed by atoms with Gasteiger partial charge in [-0.15, -0.1) is 0 Å². The summed E-state index contributed by atoms with van der Waals surface area (Å²) in [5, 5.41) is 1.56. The van der Waals surface area contributed by atoms with E-state index in [0.717, 1.165) is 0 Å². The summed E-state index contributed by atoms with van der Waals surface area (Å²) in [6.07, 6.45) is 3.25. The molecule has 1 rings (SSSR count). The number of hydrogen-bond acceptors (Lipinski definition) is 1. The predicted molar refractivity (Wildman–Crippen MR) is 107 cm³/mol. The SMILES string of the molecule is C=Cc1cccc([Si](C)(C)CN([Si](C)(C)C)[Si](C)(C)C)c1. The first-order valence-corrected chi connectivity index (χ1v) is 18.0. The maximum absolute atomic E-state index is 3.91. The average molecular weight is 336 g/mol. The maximum atomic E-state index is 3.91. The molecule has 118 valence electrons. The lowest BCUT2D eigenvalue weighted by Crippen LogP contribution is -2.66. The van der Waals surface area contributed by atoms with E-state index in [1.54, 1.807) is 5.19 Å². The lowest BCUT2D eigenvalue weighted by molar-refractivity contribution is 0.710. The molecular weight excluding hydrogens is 302 g/mol. The zero-order valence-electron chi connectivity index (χ0n) is 15.2. The molecular formula is C17H33NSi3. The number of benzene rings is 1. The van der Waals surface area contributed by atoms with E-state index < -0.39 is 24.5 Å². The second-order valence-electron chi connectivity index (χ2n) is 8.64. The quantitative estimate of drug-likeness (QED) is 0.678. The summed E-state index contributed by atoms with van der Waals surface area (Å²) in [4.78, 5) is 0. The van der Waals surface area contributed by atoms with E-state index in [1.165, 1.54) is 11.7 Å². The molecule has 0 amide bonds. The highest BCUT2D eigenvalue weighted by molar-refractivity contribution is 6.95. The van der Waals surface area contributed by atoms with Gasteiger partial charge in [0.05, 0.1) is 8.07 Å². The standard InChI is InChI=1S/C17H33NSi3/c1-10-16-12-11-13-17(14-16)21(8,9)15-18(19(2,3)4)20(5,6)7/h10-14H,1,15H2,2-9H3. The molecule has 0 aliphatic rings. The molecule has 0 aliphatic carbocycles. The fourth-order valence-electron chi connectivity index (χ4n) is 3.05. The van der Waals surface area contributed by atoms with Crippen molar-refractivity contribution in [3.05, 3.63) is 36.4 Å². The van der Waals surface area contributed by atoms with Crippen LogP contribution in [0.25, 0.3) is 6.08 Å². The predicted octanol–water partition coefficient (Wildman–Crippen LogP) is 4.76. The Morgan fingerprint density at radius 2 is 1.48 bits per heavy atom. The highest BCUT2D eigenvalue weighted by atomic mass is 28.4. The summed E-state index contributed by atoms with van der Waals surface area (Å²) in [5.74, 6) is 0. The van der Waals surface area contributed by atoms with Crippen LogP contribution < -0.4 is 5.19 Å². The summed E-state index contributed by atoms with van der Waals surface area (Å²) in [6.45, 7) is 23.9. The van der Waals surface area contributed by atoms with Crippen LogP contribution in [0.1, 0.15) is 5.56 Å². The van der Waals surface area contributed by atoms with Crippen molar-refractivity contribution in [2.24, 2.45) is 0 Å². The van der Waals surface area contributed by atoms with Crippen molar-refractivity contribution >= 4 is 35.8 Å². The lowest BCUT2D eigenvalue weighted by Gasteiger charge is -2.47. The average Bonchev–Trinajstić information content (AvgIpc) is 2.33. The van der Waals surface area contributed by atoms with Crippen LogP contribution in [0.2, 0.25) is 52.4 Å². The molecule has 0 aliphatic heterocycles. The van der Waals surface area contributed by atoms with Gasteiger partial charge in [-0.2, -0.15) is 0 Å². The van der Waals surface area contributed by atoms with Gasteiger partial charge in [0, 0.05) is 0 Å². The summed E-state index contributed by atoms with van der Waals surface area (Å²) in [7, 11) is -4.02. The molecule has 0 saturated heterocycles. The third-order valence-corrected chi connectivity index (χ3v) is 15.3. The van der Waals surface area contributed by atoms with Gasteiger partial charge in [0.25, 0.3) is 0 Å². The monoisotopic (exact) mass is 335 g/mol. The van der Waals surface area contributed by atoms with Crippen LogP contribution in [-0.4, -0.2) is 34.9 Å². The van der Waals surface area contributed by atoms with Crippen LogP contribution in [0.3, 0.4) is 0 Å². The molecule has 0 atom stereocenters. The zero-order valence-corrected chi connectivity index (χ0v) is 18.2. The van der Waals surface area contributed by atoms with Crippen molar-refractivity contribution < 1.29 is 0 Å². The van der Waals surface area contributed by atoms with Crippen molar-refractivity contribution in [1.29, 1.82) is 0 Å². The Morgan fingerprint density at radius 1 is 0.952 bits per heavy atom. The molecule has 1 aromatic rings. The summed E-state index contributed by atoms with van der Waals surface area (Å²) < 4.78 is 2.94. The van der Waals surface area contributed by atoms with Crippen LogP contribution in [-0.2, 0) is 0 Å². The van der Waals surface area contributed by atoms with Crippen LogP contribution in [0.4, 0.5) is 0 Å². The molecule has 0 saturated carbocycles. The van der Waals surface area contributed by atoms with Gasteiger partial charge in [-0.05, 0) is 11.7 Å². The Hall–Kier alpha value is -0.429. The number of hydrogen-bond donors (Lipinski definition) is 0. The Balaban J connectivity index is 3.14. The van der Waals surface area contributed by atoms with Gasteiger partial charge in [-0.25, -0.2) is 0 Å². The lowest BCUT2D eigenvalue weighted by atomic mass is 10.2. The number of nitrogens with zero attached hydrogens (tertiary/aromatic N) is 1. The minimum Gasteiger partial charge on any atom is -0.348 e. The molecule has 4 heteroatoms. The minimum atomic E-state index is -1.46. The molecule has 0 spiro atoms. The van der Waals surface area contributed by atoms with Crippen molar-refractivity contribution in [2.75, 3.05) is 6.17 Å².